The zero-order chi connectivity index (χ0) is 21.5. The molecule has 0 atom stereocenters. The third-order valence-corrected chi connectivity index (χ3v) is 3.83. The Bertz CT molecular complexity index is 1090. The van der Waals surface area contributed by atoms with E-state index in [1.807, 2.05) is 5.32 Å². The predicted octanol–water partition coefficient (Wildman–Crippen LogP) is 6.11. The van der Waals surface area contributed by atoms with Crippen molar-refractivity contribution in [3.63, 3.8) is 0 Å². The van der Waals surface area contributed by atoms with E-state index in [1.165, 1.54) is 0 Å². The van der Waals surface area contributed by atoms with Gasteiger partial charge in [-0.15, -0.1) is 0 Å². The van der Waals surface area contributed by atoms with E-state index < -0.39 is 73.5 Å². The van der Waals surface area contributed by atoms with Crippen molar-refractivity contribution in [2.75, 3.05) is 11.9 Å². The lowest BCUT2D eigenvalue weighted by Gasteiger charge is -2.12. The Morgan fingerprint density at radius 2 is 1.66 bits per heavy atom. The minimum absolute atomic E-state index is 0.268. The van der Waals surface area contributed by atoms with Crippen molar-refractivity contribution in [3.8, 4) is 11.1 Å². The van der Waals surface area contributed by atoms with E-state index in [4.69, 9.17) is 39.3 Å². The molecular weight excluding hydrogens is 470 g/mol. The third kappa shape index (κ3) is 4.49. The van der Waals surface area contributed by atoms with E-state index in [-0.39, 0.29) is 12.1 Å². The second kappa shape index (κ2) is 7.85. The molecule has 0 aliphatic heterocycles. The number of ether oxygens (including phenoxy) is 1. The maximum absolute atomic E-state index is 14.5. The standard InChI is InChI=1S/C16H6Cl3F5N2O3/c17-16(18,19)4-28-15(27)25-14-11-9(29-26-14)3-8(23)13(24)12(11)10-6(21)1-5(20)2-7(10)22/h1-3H,4H2,(H,25,26,27). The second-order valence-electron chi connectivity index (χ2n) is 5.51. The van der Waals surface area contributed by atoms with Crippen LogP contribution in [0.15, 0.2) is 22.7 Å². The Morgan fingerprint density at radius 3 is 2.24 bits per heavy atom. The number of fused-ring (bicyclic) bond motifs is 1. The fourth-order valence-corrected chi connectivity index (χ4v) is 2.60. The molecule has 1 amide bonds. The minimum atomic E-state index is -1.94. The summed E-state index contributed by atoms with van der Waals surface area (Å²) in [6.07, 6.45) is -1.25. The molecule has 1 N–H and O–H groups in total. The van der Waals surface area contributed by atoms with E-state index in [0.717, 1.165) is 0 Å². The number of nitrogens with one attached hydrogen (secondary N) is 1. The first-order chi connectivity index (χ1) is 13.5. The van der Waals surface area contributed by atoms with Crippen LogP contribution in [0, 0.1) is 29.1 Å². The zero-order valence-electron chi connectivity index (χ0n) is 13.6. The first-order valence-electron chi connectivity index (χ1n) is 7.40. The molecule has 1 aromatic heterocycles. The monoisotopic (exact) mass is 474 g/mol. The van der Waals surface area contributed by atoms with E-state index in [9.17, 15) is 26.7 Å². The van der Waals surface area contributed by atoms with Gasteiger partial charge in [-0.05, 0) is 0 Å². The molecule has 0 unspecified atom stereocenters. The maximum atomic E-state index is 14.5. The van der Waals surface area contributed by atoms with Crippen molar-refractivity contribution in [2.45, 2.75) is 3.79 Å². The average molecular weight is 476 g/mol. The van der Waals surface area contributed by atoms with Gasteiger partial charge in [-0.2, -0.15) is 0 Å². The number of hydrogen-bond acceptors (Lipinski definition) is 4. The van der Waals surface area contributed by atoms with Crippen LogP contribution in [-0.2, 0) is 4.74 Å². The van der Waals surface area contributed by atoms with E-state index in [1.54, 1.807) is 0 Å². The van der Waals surface area contributed by atoms with Crippen LogP contribution in [0.4, 0.5) is 32.6 Å². The fraction of sp³-hybridized carbons (Fsp3) is 0.125. The summed E-state index contributed by atoms with van der Waals surface area (Å²) >= 11 is 16.3. The molecule has 0 aliphatic rings. The molecule has 0 bridgehead atoms. The average Bonchev–Trinajstić information content (AvgIpc) is 2.97. The van der Waals surface area contributed by atoms with Crippen molar-refractivity contribution >= 4 is 57.7 Å². The number of halogens is 8. The maximum Gasteiger partial charge on any atom is 0.413 e. The van der Waals surface area contributed by atoms with E-state index in [0.29, 0.717) is 6.07 Å². The lowest BCUT2D eigenvalue weighted by atomic mass is 9.99. The van der Waals surface area contributed by atoms with Crippen molar-refractivity contribution in [1.29, 1.82) is 0 Å². The number of amides is 1. The smallest absolute Gasteiger partial charge is 0.413 e. The molecular formula is C16H6Cl3F5N2O3. The highest BCUT2D eigenvalue weighted by Crippen LogP contribution is 2.40. The van der Waals surface area contributed by atoms with Gasteiger partial charge in [0.25, 0.3) is 0 Å². The number of benzene rings is 2. The van der Waals surface area contributed by atoms with E-state index >= 15 is 0 Å². The van der Waals surface area contributed by atoms with Crippen LogP contribution in [0.3, 0.4) is 0 Å². The highest BCUT2D eigenvalue weighted by Gasteiger charge is 2.28. The van der Waals surface area contributed by atoms with Gasteiger partial charge < -0.3 is 9.26 Å². The molecule has 3 aromatic rings. The second-order valence-corrected chi connectivity index (χ2v) is 8.03. The molecule has 2 aromatic carbocycles. The number of nitrogens with zero attached hydrogens (tertiary/aromatic N) is 1. The first kappa shape index (κ1) is 21.4. The molecule has 29 heavy (non-hydrogen) atoms. The third-order valence-electron chi connectivity index (χ3n) is 3.50. The highest BCUT2D eigenvalue weighted by atomic mass is 35.6. The summed E-state index contributed by atoms with van der Waals surface area (Å²) in [6, 6.07) is 1.08. The first-order valence-corrected chi connectivity index (χ1v) is 8.54. The van der Waals surface area contributed by atoms with E-state index in [2.05, 4.69) is 9.89 Å². The quantitative estimate of drug-likeness (QED) is 0.367. The Hall–Kier alpha value is -2.30. The highest BCUT2D eigenvalue weighted by molar-refractivity contribution is 6.67. The van der Waals surface area contributed by atoms with Gasteiger partial charge in [0.15, 0.2) is 23.0 Å². The minimum Gasteiger partial charge on any atom is -0.445 e. The molecule has 0 saturated carbocycles. The van der Waals surface area contributed by atoms with Gasteiger partial charge in [0.2, 0.25) is 3.79 Å². The number of carbonyl (C=O) groups is 1. The Balaban J connectivity index is 2.15. The number of aromatic nitrogens is 1. The van der Waals surface area contributed by atoms with Gasteiger partial charge in [0.05, 0.1) is 10.9 Å². The summed E-state index contributed by atoms with van der Waals surface area (Å²) in [6.45, 7) is -0.684. The lowest BCUT2D eigenvalue weighted by molar-refractivity contribution is 0.163. The molecule has 3 rings (SSSR count). The van der Waals surface area contributed by atoms with Gasteiger partial charge in [-0.1, -0.05) is 40.0 Å². The molecule has 154 valence electrons. The normalized spacial score (nSPS) is 11.7. The number of hydrogen-bond donors (Lipinski definition) is 1. The van der Waals surface area contributed by atoms with Crippen LogP contribution in [0.25, 0.3) is 22.1 Å². The van der Waals surface area contributed by atoms with Crippen molar-refractivity contribution < 1.29 is 36.0 Å². The SMILES string of the molecule is O=C(Nc1noc2cc(F)c(F)c(-c3c(F)cc(F)cc3F)c12)OCC(Cl)(Cl)Cl. The van der Waals surface area contributed by atoms with Gasteiger partial charge in [-0.3, -0.25) is 5.32 Å². The summed E-state index contributed by atoms with van der Waals surface area (Å²) in [7, 11) is 0. The van der Waals surface area contributed by atoms with Gasteiger partial charge >= 0.3 is 6.09 Å². The Labute approximate surface area is 173 Å². The van der Waals surface area contributed by atoms with Gasteiger partial charge in [0, 0.05) is 23.8 Å². The molecule has 0 radical (unpaired) electrons. The van der Waals surface area contributed by atoms with Crippen molar-refractivity contribution in [1.82, 2.24) is 5.16 Å². The van der Waals surface area contributed by atoms with Crippen LogP contribution in [0.1, 0.15) is 0 Å². The molecule has 5 nitrogen and oxygen atoms in total. The summed E-state index contributed by atoms with van der Waals surface area (Å²) < 4.78 is 77.5. The summed E-state index contributed by atoms with van der Waals surface area (Å²) in [5.41, 5.74) is -2.57. The van der Waals surface area contributed by atoms with Crippen LogP contribution in [0.5, 0.6) is 0 Å². The number of anilines is 1. The Morgan fingerprint density at radius 1 is 1.03 bits per heavy atom. The summed E-state index contributed by atoms with van der Waals surface area (Å²) in [5, 5.41) is 4.87. The summed E-state index contributed by atoms with van der Waals surface area (Å²) in [4.78, 5) is 11.8. The number of alkyl halides is 3. The van der Waals surface area contributed by atoms with Crippen molar-refractivity contribution in [2.24, 2.45) is 0 Å². The molecule has 1 heterocycles. The topological polar surface area (TPSA) is 64.4 Å². The lowest BCUT2D eigenvalue weighted by Crippen LogP contribution is -2.21. The van der Waals surface area contributed by atoms with Crippen LogP contribution >= 0.6 is 34.8 Å². The molecule has 0 spiro atoms. The molecule has 0 saturated heterocycles. The van der Waals surface area contributed by atoms with Crippen LogP contribution in [-0.4, -0.2) is 21.6 Å². The molecule has 0 fully saturated rings. The van der Waals surface area contributed by atoms with Gasteiger partial charge in [0.1, 0.15) is 24.1 Å². The number of rotatable bonds is 3. The van der Waals surface area contributed by atoms with Crippen molar-refractivity contribution in [3.05, 3.63) is 47.3 Å². The number of carbonyl (C=O) groups excluding carboxylic acids is 1. The molecule has 13 heteroatoms. The largest absolute Gasteiger partial charge is 0.445 e. The Kier molecular flexibility index (Phi) is 5.79. The molecule has 0 aliphatic carbocycles. The predicted molar refractivity (Wildman–Crippen MR) is 94.5 cm³/mol. The summed E-state index contributed by atoms with van der Waals surface area (Å²) in [5.74, 6) is -8.14. The fourth-order valence-electron chi connectivity index (χ4n) is 2.43. The van der Waals surface area contributed by atoms with Gasteiger partial charge in [-0.25, -0.2) is 26.7 Å². The van der Waals surface area contributed by atoms with Crippen LogP contribution in [0.2, 0.25) is 0 Å². The zero-order valence-corrected chi connectivity index (χ0v) is 15.9. The van der Waals surface area contributed by atoms with Crippen LogP contribution < -0.4 is 5.32 Å².